The molecule has 0 aliphatic heterocycles. The minimum Gasteiger partial charge on any atom is -0.370 e. The summed E-state index contributed by atoms with van der Waals surface area (Å²) in [4.78, 5) is 4.34. The maximum atomic E-state index is 5.90. The summed E-state index contributed by atoms with van der Waals surface area (Å²) in [6.45, 7) is 2.70. The maximum absolute atomic E-state index is 5.90. The summed E-state index contributed by atoms with van der Waals surface area (Å²) in [6, 6.07) is 16.2. The Hall–Kier alpha value is -1.08. The van der Waals surface area contributed by atoms with Crippen LogP contribution in [-0.4, -0.2) is 5.96 Å². The van der Waals surface area contributed by atoms with E-state index in [4.69, 9.17) is 5.73 Å². The molecule has 0 radical (unpaired) electrons. The van der Waals surface area contributed by atoms with E-state index in [0.717, 1.165) is 22.1 Å². The summed E-state index contributed by atoms with van der Waals surface area (Å²) in [5.74, 6) is 0.432. The Labute approximate surface area is 151 Å². The molecule has 112 valence electrons. The van der Waals surface area contributed by atoms with Crippen LogP contribution in [0.1, 0.15) is 18.1 Å². The van der Waals surface area contributed by atoms with Crippen LogP contribution in [0, 0.1) is 0 Å². The van der Waals surface area contributed by atoms with Gasteiger partial charge in [-0.1, -0.05) is 47.1 Å². The Morgan fingerprint density at radius 1 is 1.14 bits per heavy atom. The Kier molecular flexibility index (Phi) is 7.74. The molecule has 0 unspecified atom stereocenters. The second kappa shape index (κ2) is 9.04. The predicted molar refractivity (Wildman–Crippen MR) is 104 cm³/mol. The molecule has 2 aromatic rings. The van der Waals surface area contributed by atoms with Crippen molar-refractivity contribution in [2.45, 2.75) is 19.9 Å². The third kappa shape index (κ3) is 6.05. The highest BCUT2D eigenvalue weighted by Crippen LogP contribution is 2.12. The minimum absolute atomic E-state index is 0. The number of rotatable bonds is 4. The molecule has 2 rings (SSSR count). The zero-order chi connectivity index (χ0) is 14.4. The van der Waals surface area contributed by atoms with Crippen molar-refractivity contribution < 1.29 is 0 Å². The van der Waals surface area contributed by atoms with Gasteiger partial charge in [0.25, 0.3) is 0 Å². The molecule has 3 nitrogen and oxygen atoms in total. The average molecular weight is 460 g/mol. The van der Waals surface area contributed by atoms with E-state index in [2.05, 4.69) is 45.3 Å². The first kappa shape index (κ1) is 18.0. The molecule has 0 atom stereocenters. The lowest BCUT2D eigenvalue weighted by Crippen LogP contribution is -2.22. The van der Waals surface area contributed by atoms with Crippen molar-refractivity contribution in [3.8, 4) is 0 Å². The molecular formula is C16H19BrIN3. The second-order valence-electron chi connectivity index (χ2n) is 4.51. The number of aryl methyl sites for hydroxylation is 1. The SMILES string of the molecule is CCc1cccc(NC(N)=NCc2ccc(Br)cc2)c1.I. The first-order chi connectivity index (χ1) is 9.67. The van der Waals surface area contributed by atoms with Crippen molar-refractivity contribution in [3.63, 3.8) is 0 Å². The van der Waals surface area contributed by atoms with Gasteiger partial charge in [-0.3, -0.25) is 0 Å². The number of nitrogens with zero attached hydrogens (tertiary/aromatic N) is 1. The van der Waals surface area contributed by atoms with Gasteiger partial charge in [-0.15, -0.1) is 24.0 Å². The molecule has 0 spiro atoms. The van der Waals surface area contributed by atoms with Gasteiger partial charge in [0, 0.05) is 10.2 Å². The fourth-order valence-corrected chi connectivity index (χ4v) is 2.09. The first-order valence-electron chi connectivity index (χ1n) is 6.57. The van der Waals surface area contributed by atoms with E-state index < -0.39 is 0 Å². The van der Waals surface area contributed by atoms with Gasteiger partial charge in [-0.25, -0.2) is 4.99 Å². The Balaban J connectivity index is 0.00000220. The number of nitrogens with two attached hydrogens (primary N) is 1. The van der Waals surface area contributed by atoms with E-state index in [1.54, 1.807) is 0 Å². The van der Waals surface area contributed by atoms with Crippen LogP contribution in [-0.2, 0) is 13.0 Å². The monoisotopic (exact) mass is 459 g/mol. The van der Waals surface area contributed by atoms with Gasteiger partial charge in [0.2, 0.25) is 0 Å². The largest absolute Gasteiger partial charge is 0.370 e. The van der Waals surface area contributed by atoms with Crippen molar-refractivity contribution in [2.24, 2.45) is 10.7 Å². The molecule has 0 amide bonds. The van der Waals surface area contributed by atoms with Gasteiger partial charge in [0.1, 0.15) is 0 Å². The molecule has 5 heteroatoms. The lowest BCUT2D eigenvalue weighted by molar-refractivity contribution is 1.06. The number of hydrogen-bond acceptors (Lipinski definition) is 1. The molecule has 0 fully saturated rings. The smallest absolute Gasteiger partial charge is 0.193 e. The summed E-state index contributed by atoms with van der Waals surface area (Å²) in [5.41, 5.74) is 9.28. The number of nitrogens with one attached hydrogen (secondary N) is 1. The molecular weight excluding hydrogens is 441 g/mol. The maximum Gasteiger partial charge on any atom is 0.193 e. The van der Waals surface area contributed by atoms with Crippen molar-refractivity contribution in [1.82, 2.24) is 0 Å². The van der Waals surface area contributed by atoms with Crippen LogP contribution in [0.15, 0.2) is 58.0 Å². The highest BCUT2D eigenvalue weighted by molar-refractivity contribution is 14.0. The van der Waals surface area contributed by atoms with E-state index >= 15 is 0 Å². The van der Waals surface area contributed by atoms with Crippen molar-refractivity contribution in [1.29, 1.82) is 0 Å². The number of halogens is 2. The fourth-order valence-electron chi connectivity index (χ4n) is 1.82. The van der Waals surface area contributed by atoms with E-state index in [-0.39, 0.29) is 24.0 Å². The van der Waals surface area contributed by atoms with Gasteiger partial charge in [0.15, 0.2) is 5.96 Å². The van der Waals surface area contributed by atoms with Crippen LogP contribution in [0.25, 0.3) is 0 Å². The average Bonchev–Trinajstić information content (AvgIpc) is 2.47. The van der Waals surface area contributed by atoms with Crippen LogP contribution >= 0.6 is 39.9 Å². The van der Waals surface area contributed by atoms with Crippen LogP contribution in [0.3, 0.4) is 0 Å². The van der Waals surface area contributed by atoms with Gasteiger partial charge < -0.3 is 11.1 Å². The Morgan fingerprint density at radius 3 is 2.52 bits per heavy atom. The summed E-state index contributed by atoms with van der Waals surface area (Å²) >= 11 is 3.41. The van der Waals surface area contributed by atoms with Crippen molar-refractivity contribution in [3.05, 3.63) is 64.1 Å². The zero-order valence-electron chi connectivity index (χ0n) is 11.8. The van der Waals surface area contributed by atoms with Gasteiger partial charge in [-0.05, 0) is 41.8 Å². The molecule has 21 heavy (non-hydrogen) atoms. The Bertz CT molecular complexity index is 597. The summed E-state index contributed by atoms with van der Waals surface area (Å²) in [7, 11) is 0. The molecule has 0 aliphatic rings. The molecule has 0 bridgehead atoms. The predicted octanol–water partition coefficient (Wildman–Crippen LogP) is 4.56. The summed E-state index contributed by atoms with van der Waals surface area (Å²) < 4.78 is 1.06. The van der Waals surface area contributed by atoms with Crippen molar-refractivity contribution in [2.75, 3.05) is 5.32 Å². The number of anilines is 1. The van der Waals surface area contributed by atoms with Crippen LogP contribution < -0.4 is 11.1 Å². The lowest BCUT2D eigenvalue weighted by atomic mass is 10.1. The van der Waals surface area contributed by atoms with Crippen LogP contribution in [0.4, 0.5) is 5.69 Å². The molecule has 0 aliphatic carbocycles. The molecule has 2 aromatic carbocycles. The zero-order valence-corrected chi connectivity index (χ0v) is 15.8. The minimum atomic E-state index is 0. The number of hydrogen-bond donors (Lipinski definition) is 2. The van der Waals surface area contributed by atoms with E-state index in [0.29, 0.717) is 12.5 Å². The highest BCUT2D eigenvalue weighted by Gasteiger charge is 1.97. The molecule has 0 saturated heterocycles. The van der Waals surface area contributed by atoms with E-state index in [9.17, 15) is 0 Å². The van der Waals surface area contributed by atoms with Gasteiger partial charge in [0.05, 0.1) is 6.54 Å². The number of guanidine groups is 1. The van der Waals surface area contributed by atoms with E-state index in [1.807, 2.05) is 36.4 Å². The van der Waals surface area contributed by atoms with Crippen LogP contribution in [0.5, 0.6) is 0 Å². The van der Waals surface area contributed by atoms with Gasteiger partial charge in [-0.2, -0.15) is 0 Å². The third-order valence-corrected chi connectivity index (χ3v) is 3.48. The topological polar surface area (TPSA) is 50.4 Å². The fraction of sp³-hybridized carbons (Fsp3) is 0.188. The first-order valence-corrected chi connectivity index (χ1v) is 7.37. The quantitative estimate of drug-likeness (QED) is 0.400. The molecule has 0 saturated carbocycles. The molecule has 0 aromatic heterocycles. The second-order valence-corrected chi connectivity index (χ2v) is 5.42. The number of aliphatic imine (C=N–C) groups is 1. The van der Waals surface area contributed by atoms with Gasteiger partial charge >= 0.3 is 0 Å². The number of benzene rings is 2. The standard InChI is InChI=1S/C16H18BrN3.HI/c1-2-12-4-3-5-15(10-12)20-16(18)19-11-13-6-8-14(17)9-7-13;/h3-10H,2,11H2,1H3,(H3,18,19,20);1H. The summed E-state index contributed by atoms with van der Waals surface area (Å²) in [5, 5.41) is 3.12. The lowest BCUT2D eigenvalue weighted by Gasteiger charge is -2.07. The van der Waals surface area contributed by atoms with E-state index in [1.165, 1.54) is 5.56 Å². The third-order valence-electron chi connectivity index (χ3n) is 2.95. The van der Waals surface area contributed by atoms with Crippen molar-refractivity contribution >= 4 is 51.6 Å². The molecule has 0 heterocycles. The Morgan fingerprint density at radius 2 is 1.86 bits per heavy atom. The molecule has 3 N–H and O–H groups in total. The normalized spacial score (nSPS) is 10.9. The summed E-state index contributed by atoms with van der Waals surface area (Å²) in [6.07, 6.45) is 1.01. The highest BCUT2D eigenvalue weighted by atomic mass is 127. The van der Waals surface area contributed by atoms with Crippen LogP contribution in [0.2, 0.25) is 0 Å².